The number of esters is 1. The van der Waals surface area contributed by atoms with Gasteiger partial charge in [-0.05, 0) is 46.2 Å². The number of methoxy groups -OCH3 is 1. The van der Waals surface area contributed by atoms with E-state index in [1.54, 1.807) is 5.38 Å². The molecular formula is C12H10BrN3O3S2. The summed E-state index contributed by atoms with van der Waals surface area (Å²) in [5.74, 6) is -0.465. The molecule has 3 rings (SSSR count). The summed E-state index contributed by atoms with van der Waals surface area (Å²) in [6.45, 7) is 0. The SMILES string of the molecule is COC(=O)c1nc(NC(=O)c2nscc2Br)sc1C1CC1. The van der Waals surface area contributed by atoms with Crippen LogP contribution in [0.3, 0.4) is 0 Å². The number of nitrogens with zero attached hydrogens (tertiary/aromatic N) is 2. The van der Waals surface area contributed by atoms with Crippen LogP contribution in [0.2, 0.25) is 0 Å². The number of hydrogen-bond donors (Lipinski definition) is 1. The Morgan fingerprint density at radius 1 is 1.43 bits per heavy atom. The molecule has 1 fully saturated rings. The van der Waals surface area contributed by atoms with Gasteiger partial charge in [0.1, 0.15) is 0 Å². The summed E-state index contributed by atoms with van der Waals surface area (Å²) in [4.78, 5) is 28.9. The van der Waals surface area contributed by atoms with Crippen molar-refractivity contribution < 1.29 is 14.3 Å². The maximum atomic E-state index is 12.1. The molecule has 2 heterocycles. The molecule has 0 unspecified atom stereocenters. The lowest BCUT2D eigenvalue weighted by atomic mass is 10.3. The van der Waals surface area contributed by atoms with E-state index in [9.17, 15) is 9.59 Å². The molecule has 1 saturated carbocycles. The number of rotatable bonds is 4. The second-order valence-corrected chi connectivity index (χ2v) is 6.98. The van der Waals surface area contributed by atoms with E-state index in [-0.39, 0.29) is 5.91 Å². The molecule has 110 valence electrons. The maximum Gasteiger partial charge on any atom is 0.357 e. The second-order valence-electron chi connectivity index (χ2n) is 4.46. The van der Waals surface area contributed by atoms with Gasteiger partial charge in [0, 0.05) is 10.3 Å². The molecule has 1 amide bonds. The molecule has 6 nitrogen and oxygen atoms in total. The van der Waals surface area contributed by atoms with E-state index in [1.165, 1.54) is 30.0 Å². The molecule has 0 aromatic carbocycles. The number of carbonyl (C=O) groups excluding carboxylic acids is 2. The van der Waals surface area contributed by atoms with Crippen LogP contribution in [0, 0.1) is 0 Å². The van der Waals surface area contributed by atoms with Crippen LogP contribution in [-0.2, 0) is 4.74 Å². The van der Waals surface area contributed by atoms with E-state index in [4.69, 9.17) is 4.74 Å². The number of aromatic nitrogens is 2. The first-order valence-electron chi connectivity index (χ1n) is 6.10. The first-order chi connectivity index (χ1) is 10.1. The number of hydrogen-bond acceptors (Lipinski definition) is 7. The lowest BCUT2D eigenvalue weighted by Crippen LogP contribution is -2.13. The van der Waals surface area contributed by atoms with Gasteiger partial charge in [-0.15, -0.1) is 11.3 Å². The topological polar surface area (TPSA) is 81.2 Å². The highest BCUT2D eigenvalue weighted by Crippen LogP contribution is 2.45. The summed E-state index contributed by atoms with van der Waals surface area (Å²) < 4.78 is 9.38. The van der Waals surface area contributed by atoms with Crippen LogP contribution < -0.4 is 5.32 Å². The number of anilines is 1. The molecule has 2 aromatic rings. The molecular weight excluding hydrogens is 378 g/mol. The first kappa shape index (κ1) is 14.6. The maximum absolute atomic E-state index is 12.1. The number of carbonyl (C=O) groups is 2. The van der Waals surface area contributed by atoms with E-state index in [0.717, 1.165) is 17.7 Å². The normalized spacial score (nSPS) is 14.0. The molecule has 21 heavy (non-hydrogen) atoms. The monoisotopic (exact) mass is 387 g/mol. The fraction of sp³-hybridized carbons (Fsp3) is 0.333. The van der Waals surface area contributed by atoms with Crippen LogP contribution in [-0.4, -0.2) is 28.3 Å². The van der Waals surface area contributed by atoms with Crippen molar-refractivity contribution in [1.82, 2.24) is 9.36 Å². The van der Waals surface area contributed by atoms with Crippen LogP contribution in [0.4, 0.5) is 5.13 Å². The van der Waals surface area contributed by atoms with Gasteiger partial charge in [-0.3, -0.25) is 10.1 Å². The van der Waals surface area contributed by atoms with Crippen molar-refractivity contribution in [3.63, 3.8) is 0 Å². The number of amides is 1. The fourth-order valence-electron chi connectivity index (χ4n) is 1.78. The summed E-state index contributed by atoms with van der Waals surface area (Å²) >= 11 is 5.77. The molecule has 0 aliphatic heterocycles. The molecule has 2 aromatic heterocycles. The number of thiazole rings is 1. The Hall–Kier alpha value is -1.32. The molecule has 1 N–H and O–H groups in total. The lowest BCUT2D eigenvalue weighted by Gasteiger charge is -1.98. The van der Waals surface area contributed by atoms with Crippen molar-refractivity contribution in [1.29, 1.82) is 0 Å². The highest BCUT2D eigenvalue weighted by Gasteiger charge is 2.32. The Kier molecular flexibility index (Phi) is 4.05. The third-order valence-corrected chi connectivity index (χ3v) is 5.61. The summed E-state index contributed by atoms with van der Waals surface area (Å²) in [6, 6.07) is 0. The second kappa shape index (κ2) is 5.82. The van der Waals surface area contributed by atoms with Gasteiger partial charge in [0.05, 0.1) is 11.6 Å². The quantitative estimate of drug-likeness (QED) is 0.813. The smallest absolute Gasteiger partial charge is 0.357 e. The number of halogens is 1. The third kappa shape index (κ3) is 2.99. The Morgan fingerprint density at radius 2 is 2.19 bits per heavy atom. The molecule has 0 radical (unpaired) electrons. The van der Waals surface area contributed by atoms with E-state index in [1.807, 2.05) is 0 Å². The lowest BCUT2D eigenvalue weighted by molar-refractivity contribution is 0.0593. The molecule has 9 heteroatoms. The summed E-state index contributed by atoms with van der Waals surface area (Å²) in [5.41, 5.74) is 0.612. The average Bonchev–Trinajstić information content (AvgIpc) is 3.09. The average molecular weight is 388 g/mol. The van der Waals surface area contributed by atoms with Gasteiger partial charge in [0.2, 0.25) is 0 Å². The molecule has 0 saturated heterocycles. The molecule has 0 spiro atoms. The number of ether oxygens (including phenoxy) is 1. The minimum Gasteiger partial charge on any atom is -0.464 e. The van der Waals surface area contributed by atoms with Gasteiger partial charge >= 0.3 is 5.97 Å². The minimum absolute atomic E-state index is 0.303. The molecule has 1 aliphatic rings. The third-order valence-electron chi connectivity index (χ3n) is 2.94. The highest BCUT2D eigenvalue weighted by molar-refractivity contribution is 9.10. The minimum atomic E-state index is -0.469. The summed E-state index contributed by atoms with van der Waals surface area (Å²) in [5, 5.41) is 4.80. The van der Waals surface area contributed by atoms with Gasteiger partial charge in [0.15, 0.2) is 16.5 Å². The van der Waals surface area contributed by atoms with Gasteiger partial charge in [-0.25, -0.2) is 9.78 Å². The molecule has 0 atom stereocenters. The van der Waals surface area contributed by atoms with Crippen LogP contribution in [0.1, 0.15) is 44.6 Å². The van der Waals surface area contributed by atoms with E-state index in [2.05, 4.69) is 30.6 Å². The molecule has 1 aliphatic carbocycles. The van der Waals surface area contributed by atoms with Gasteiger partial charge in [0.25, 0.3) is 5.91 Å². The summed E-state index contributed by atoms with van der Waals surface area (Å²) in [7, 11) is 1.32. The zero-order valence-corrected chi connectivity index (χ0v) is 14.1. The predicted octanol–water partition coefficient (Wildman–Crippen LogP) is 3.28. The Morgan fingerprint density at radius 3 is 2.76 bits per heavy atom. The van der Waals surface area contributed by atoms with Crippen LogP contribution in [0.25, 0.3) is 0 Å². The van der Waals surface area contributed by atoms with Gasteiger partial charge in [-0.2, -0.15) is 4.37 Å². The van der Waals surface area contributed by atoms with Crippen molar-refractivity contribution in [2.24, 2.45) is 0 Å². The standard InChI is InChI=1S/C12H10BrN3O3S2/c1-19-11(18)8-9(5-2-3-5)21-12(14-8)15-10(17)7-6(13)4-20-16-7/h4-5H,2-3H2,1H3,(H,14,15,17). The van der Waals surface area contributed by atoms with Crippen LogP contribution in [0.5, 0.6) is 0 Å². The van der Waals surface area contributed by atoms with Crippen LogP contribution in [0.15, 0.2) is 9.85 Å². The fourth-order valence-corrected chi connectivity index (χ4v) is 4.08. The van der Waals surface area contributed by atoms with Gasteiger partial charge < -0.3 is 4.74 Å². The summed E-state index contributed by atoms with van der Waals surface area (Å²) in [6.07, 6.45) is 2.08. The Balaban J connectivity index is 1.84. The zero-order valence-electron chi connectivity index (χ0n) is 10.9. The first-order valence-corrected chi connectivity index (χ1v) is 8.55. The van der Waals surface area contributed by atoms with Crippen molar-refractivity contribution in [2.45, 2.75) is 18.8 Å². The Labute approximate surface area is 136 Å². The van der Waals surface area contributed by atoms with E-state index < -0.39 is 5.97 Å². The van der Waals surface area contributed by atoms with Gasteiger partial charge in [-0.1, -0.05) is 0 Å². The Bertz CT molecular complexity index is 708. The highest BCUT2D eigenvalue weighted by atomic mass is 79.9. The predicted molar refractivity (Wildman–Crippen MR) is 83.2 cm³/mol. The van der Waals surface area contributed by atoms with E-state index in [0.29, 0.717) is 26.9 Å². The van der Waals surface area contributed by atoms with Crippen molar-refractivity contribution in [3.05, 3.63) is 26.1 Å². The number of nitrogens with one attached hydrogen (secondary N) is 1. The largest absolute Gasteiger partial charge is 0.464 e. The van der Waals surface area contributed by atoms with Crippen molar-refractivity contribution in [2.75, 3.05) is 12.4 Å². The molecule has 0 bridgehead atoms. The van der Waals surface area contributed by atoms with Crippen LogP contribution >= 0.6 is 38.8 Å². The van der Waals surface area contributed by atoms with Crippen molar-refractivity contribution >= 4 is 55.8 Å². The zero-order chi connectivity index (χ0) is 15.0. The van der Waals surface area contributed by atoms with E-state index >= 15 is 0 Å². The van der Waals surface area contributed by atoms with Crippen molar-refractivity contribution in [3.8, 4) is 0 Å².